The number of phenolic OH excluding ortho intramolecular Hbond substituents is 1. The summed E-state index contributed by atoms with van der Waals surface area (Å²) < 4.78 is 0. The van der Waals surface area contributed by atoms with Gasteiger partial charge in [0.05, 0.1) is 0 Å². The second-order valence-corrected chi connectivity index (χ2v) is 8.32. The molecule has 3 aliphatic carbocycles. The molecule has 0 radical (unpaired) electrons. The van der Waals surface area contributed by atoms with Crippen molar-refractivity contribution in [1.29, 1.82) is 0 Å². The van der Waals surface area contributed by atoms with Crippen LogP contribution in [-0.2, 0) is 6.42 Å². The van der Waals surface area contributed by atoms with E-state index in [-0.39, 0.29) is 5.48 Å². The number of hydrogen-bond acceptors (Lipinski definition) is 1. The lowest BCUT2D eigenvalue weighted by molar-refractivity contribution is 0.0383. The number of fused-ring (bicyclic) bond motifs is 5. The third kappa shape index (κ3) is 3.14. The highest BCUT2D eigenvalue weighted by Gasteiger charge is 2.54. The van der Waals surface area contributed by atoms with Gasteiger partial charge in [-0.1, -0.05) is 39.0 Å². The molecule has 0 heterocycles. The molecule has 1 aromatic rings. The SMILES string of the molecule is C=C(C)C1CCC2C3CCc4cc(O)ccc4C3CCC12C.CC.O. The van der Waals surface area contributed by atoms with Crippen LogP contribution < -0.4 is 0 Å². The van der Waals surface area contributed by atoms with Crippen LogP contribution >= 0.6 is 0 Å². The van der Waals surface area contributed by atoms with Crippen LogP contribution in [0.1, 0.15) is 76.8 Å². The van der Waals surface area contributed by atoms with Crippen molar-refractivity contribution in [2.45, 2.75) is 72.1 Å². The van der Waals surface area contributed by atoms with Crippen LogP contribution in [-0.4, -0.2) is 10.6 Å². The van der Waals surface area contributed by atoms with Crippen molar-refractivity contribution in [2.24, 2.45) is 23.2 Å². The zero-order chi connectivity index (χ0) is 17.5. The van der Waals surface area contributed by atoms with Gasteiger partial charge in [-0.05, 0) is 97.8 Å². The van der Waals surface area contributed by atoms with Gasteiger partial charge in [0.1, 0.15) is 5.75 Å². The number of phenols is 1. The van der Waals surface area contributed by atoms with Crippen LogP contribution in [0.15, 0.2) is 30.4 Å². The Labute approximate surface area is 153 Å². The molecule has 5 atom stereocenters. The predicted octanol–water partition coefficient (Wildman–Crippen LogP) is 5.64. The molecule has 25 heavy (non-hydrogen) atoms. The highest BCUT2D eigenvalue weighted by atomic mass is 16.3. The average Bonchev–Trinajstić information content (AvgIpc) is 2.93. The topological polar surface area (TPSA) is 51.7 Å². The maximum Gasteiger partial charge on any atom is 0.115 e. The molecule has 3 N–H and O–H groups in total. The molecular weight excluding hydrogens is 308 g/mol. The lowest BCUT2D eigenvalue weighted by atomic mass is 9.53. The third-order valence-electron chi connectivity index (χ3n) is 7.31. The Morgan fingerprint density at radius 2 is 1.88 bits per heavy atom. The van der Waals surface area contributed by atoms with E-state index >= 15 is 0 Å². The summed E-state index contributed by atoms with van der Waals surface area (Å²) in [4.78, 5) is 0. The number of benzene rings is 1. The first kappa shape index (κ1) is 20.0. The van der Waals surface area contributed by atoms with Crippen molar-refractivity contribution in [3.05, 3.63) is 41.5 Å². The first-order valence-electron chi connectivity index (χ1n) is 9.98. The molecule has 3 aliphatic rings. The molecule has 0 amide bonds. The zero-order valence-corrected chi connectivity index (χ0v) is 16.4. The largest absolute Gasteiger partial charge is 0.508 e. The summed E-state index contributed by atoms with van der Waals surface area (Å²) in [6, 6.07) is 6.10. The molecule has 2 heteroatoms. The molecule has 0 aromatic heterocycles. The standard InChI is InChI=1S/C21H28O.C2H6.H2O/c1-13(2)19-8-9-20-18-6-4-14-12-15(22)5-7-16(14)17(18)10-11-21(19,20)3;1-2;/h5,7,12,17-20,22H,1,4,6,8-11H2,2-3H3;1-2H3;1H2. The number of rotatable bonds is 1. The van der Waals surface area contributed by atoms with Crippen molar-refractivity contribution in [3.8, 4) is 5.75 Å². The molecule has 140 valence electrons. The molecule has 0 aliphatic heterocycles. The van der Waals surface area contributed by atoms with Crippen LogP contribution in [0, 0.1) is 23.2 Å². The minimum atomic E-state index is 0. The van der Waals surface area contributed by atoms with E-state index in [2.05, 4.69) is 26.5 Å². The van der Waals surface area contributed by atoms with E-state index in [9.17, 15) is 5.11 Å². The number of aromatic hydroxyl groups is 1. The smallest absolute Gasteiger partial charge is 0.115 e. The van der Waals surface area contributed by atoms with Crippen LogP contribution in [0.3, 0.4) is 0 Å². The molecule has 2 fully saturated rings. The van der Waals surface area contributed by atoms with Crippen molar-refractivity contribution in [1.82, 2.24) is 0 Å². The summed E-state index contributed by atoms with van der Waals surface area (Å²) in [5.74, 6) is 3.61. The fourth-order valence-corrected chi connectivity index (χ4v) is 6.38. The first-order chi connectivity index (χ1) is 11.5. The van der Waals surface area contributed by atoms with Gasteiger partial charge in [-0.25, -0.2) is 0 Å². The lowest BCUT2D eigenvalue weighted by Gasteiger charge is -2.51. The molecular formula is C23H36O2. The van der Waals surface area contributed by atoms with E-state index in [1.54, 1.807) is 0 Å². The molecule has 0 bridgehead atoms. The molecule has 2 saturated carbocycles. The molecule has 4 rings (SSSR count). The van der Waals surface area contributed by atoms with Gasteiger partial charge in [0, 0.05) is 0 Å². The van der Waals surface area contributed by atoms with Crippen LogP contribution in [0.25, 0.3) is 0 Å². The molecule has 2 nitrogen and oxygen atoms in total. The van der Waals surface area contributed by atoms with Crippen molar-refractivity contribution in [2.75, 3.05) is 0 Å². The van der Waals surface area contributed by atoms with E-state index in [4.69, 9.17) is 0 Å². The van der Waals surface area contributed by atoms with E-state index < -0.39 is 0 Å². The van der Waals surface area contributed by atoms with Gasteiger partial charge in [-0.15, -0.1) is 0 Å². The van der Waals surface area contributed by atoms with Crippen LogP contribution in [0.5, 0.6) is 5.75 Å². The maximum absolute atomic E-state index is 9.76. The molecule has 5 unspecified atom stereocenters. The summed E-state index contributed by atoms with van der Waals surface area (Å²) in [6.45, 7) is 13.1. The summed E-state index contributed by atoms with van der Waals surface area (Å²) in [7, 11) is 0. The summed E-state index contributed by atoms with van der Waals surface area (Å²) in [5.41, 5.74) is 4.83. The Morgan fingerprint density at radius 1 is 1.16 bits per heavy atom. The summed E-state index contributed by atoms with van der Waals surface area (Å²) >= 11 is 0. The van der Waals surface area contributed by atoms with Gasteiger partial charge in [-0.2, -0.15) is 0 Å². The van der Waals surface area contributed by atoms with Crippen LogP contribution in [0.2, 0.25) is 0 Å². The lowest BCUT2D eigenvalue weighted by Crippen LogP contribution is -2.42. The van der Waals surface area contributed by atoms with Gasteiger partial charge in [0.15, 0.2) is 0 Å². The van der Waals surface area contributed by atoms with E-state index in [1.807, 2.05) is 26.0 Å². The Balaban J connectivity index is 0.000000726. The Morgan fingerprint density at radius 3 is 2.56 bits per heavy atom. The fraction of sp³-hybridized carbons (Fsp3) is 0.652. The quantitative estimate of drug-likeness (QED) is 0.658. The minimum Gasteiger partial charge on any atom is -0.508 e. The second kappa shape index (κ2) is 7.53. The van der Waals surface area contributed by atoms with Crippen LogP contribution in [0.4, 0.5) is 0 Å². The van der Waals surface area contributed by atoms with Gasteiger partial charge >= 0.3 is 0 Å². The highest BCUT2D eigenvalue weighted by Crippen LogP contribution is 2.64. The second-order valence-electron chi connectivity index (χ2n) is 8.32. The normalized spacial score (nSPS) is 35.2. The Hall–Kier alpha value is -1.28. The van der Waals surface area contributed by atoms with E-state index in [0.29, 0.717) is 11.2 Å². The van der Waals surface area contributed by atoms with Gasteiger partial charge < -0.3 is 10.6 Å². The summed E-state index contributed by atoms with van der Waals surface area (Å²) in [5, 5.41) is 9.76. The molecule has 0 saturated heterocycles. The molecule has 0 spiro atoms. The first-order valence-corrected chi connectivity index (χ1v) is 9.98. The molecule has 1 aromatic carbocycles. The van der Waals surface area contributed by atoms with Gasteiger partial charge in [-0.3, -0.25) is 0 Å². The summed E-state index contributed by atoms with van der Waals surface area (Å²) in [6.07, 6.45) is 7.86. The number of aryl methyl sites for hydroxylation is 1. The fourth-order valence-electron chi connectivity index (χ4n) is 6.38. The Bertz CT molecular complexity index is 621. The van der Waals surface area contributed by atoms with Crippen molar-refractivity contribution < 1.29 is 10.6 Å². The van der Waals surface area contributed by atoms with Crippen molar-refractivity contribution >= 4 is 0 Å². The number of allylic oxidation sites excluding steroid dienone is 1. The third-order valence-corrected chi connectivity index (χ3v) is 7.31. The Kier molecular flexibility index (Phi) is 6.04. The van der Waals surface area contributed by atoms with Gasteiger partial charge in [0.2, 0.25) is 0 Å². The minimum absolute atomic E-state index is 0. The maximum atomic E-state index is 9.76. The zero-order valence-electron chi connectivity index (χ0n) is 16.4. The van der Waals surface area contributed by atoms with Gasteiger partial charge in [0.25, 0.3) is 0 Å². The predicted molar refractivity (Wildman–Crippen MR) is 106 cm³/mol. The highest BCUT2D eigenvalue weighted by molar-refractivity contribution is 5.40. The van der Waals surface area contributed by atoms with E-state index in [1.165, 1.54) is 48.8 Å². The van der Waals surface area contributed by atoms with Crippen molar-refractivity contribution in [3.63, 3.8) is 0 Å². The monoisotopic (exact) mass is 344 g/mol. The number of hydrogen-bond donors (Lipinski definition) is 1. The van der Waals surface area contributed by atoms with E-state index in [0.717, 1.165) is 30.1 Å². The average molecular weight is 345 g/mol.